The molecule has 52 valence electrons. The number of morpholine rings is 1. The van der Waals surface area contributed by atoms with E-state index in [1.807, 2.05) is 6.92 Å². The Morgan fingerprint density at radius 3 is 2.89 bits per heavy atom. The predicted octanol–water partition coefficient (Wildman–Crippen LogP) is -0.137. The zero-order valence-electron chi connectivity index (χ0n) is 5.76. The van der Waals surface area contributed by atoms with Crippen LogP contribution in [0.1, 0.15) is 6.92 Å². The molecule has 0 aromatic heterocycles. The number of amides is 1. The summed E-state index contributed by atoms with van der Waals surface area (Å²) in [6.07, 6.45) is 0. The van der Waals surface area contributed by atoms with Crippen molar-refractivity contribution in [3.05, 3.63) is 0 Å². The molecule has 1 amide bonds. The van der Waals surface area contributed by atoms with Gasteiger partial charge in [0.2, 0.25) is 5.91 Å². The van der Waals surface area contributed by atoms with E-state index in [9.17, 15) is 4.79 Å². The van der Waals surface area contributed by atoms with E-state index >= 15 is 0 Å². The molecular formula is C6H11NO2. The average Bonchev–Trinajstić information content (AvgIpc) is 1.83. The van der Waals surface area contributed by atoms with E-state index < -0.39 is 0 Å². The minimum atomic E-state index is 0.0775. The van der Waals surface area contributed by atoms with E-state index in [1.54, 1.807) is 11.9 Å². The SMILES string of the molecule is CC1COCC(=O)N1C. The van der Waals surface area contributed by atoms with Gasteiger partial charge in [-0.2, -0.15) is 0 Å². The summed E-state index contributed by atoms with van der Waals surface area (Å²) in [5, 5.41) is 0. The Bertz CT molecular complexity index is 124. The van der Waals surface area contributed by atoms with Crippen LogP contribution in [0.2, 0.25) is 0 Å². The van der Waals surface area contributed by atoms with Crippen LogP contribution in [0.15, 0.2) is 0 Å². The number of hydrogen-bond acceptors (Lipinski definition) is 2. The molecule has 1 aliphatic rings. The van der Waals surface area contributed by atoms with Crippen molar-refractivity contribution in [3.63, 3.8) is 0 Å². The Kier molecular flexibility index (Phi) is 1.71. The van der Waals surface area contributed by atoms with E-state index in [-0.39, 0.29) is 18.6 Å². The number of carbonyl (C=O) groups excluding carboxylic acids is 1. The summed E-state index contributed by atoms with van der Waals surface area (Å²) in [7, 11) is 1.80. The summed E-state index contributed by atoms with van der Waals surface area (Å²) in [6.45, 7) is 2.89. The Labute approximate surface area is 54.6 Å². The zero-order valence-corrected chi connectivity index (χ0v) is 5.76. The molecule has 3 nitrogen and oxygen atoms in total. The molecule has 3 heteroatoms. The van der Waals surface area contributed by atoms with Crippen molar-refractivity contribution in [2.75, 3.05) is 20.3 Å². The van der Waals surface area contributed by atoms with E-state index in [0.717, 1.165) is 0 Å². The minimum Gasteiger partial charge on any atom is -0.370 e. The first kappa shape index (κ1) is 6.55. The summed E-state index contributed by atoms with van der Waals surface area (Å²) < 4.78 is 4.97. The van der Waals surface area contributed by atoms with Crippen LogP contribution in [0.25, 0.3) is 0 Å². The van der Waals surface area contributed by atoms with Gasteiger partial charge in [-0.1, -0.05) is 0 Å². The molecule has 1 atom stereocenters. The average molecular weight is 129 g/mol. The van der Waals surface area contributed by atoms with E-state index in [2.05, 4.69) is 0 Å². The molecule has 1 heterocycles. The van der Waals surface area contributed by atoms with Crippen LogP contribution in [0.5, 0.6) is 0 Å². The van der Waals surface area contributed by atoms with Gasteiger partial charge >= 0.3 is 0 Å². The number of ether oxygens (including phenoxy) is 1. The summed E-state index contributed by atoms with van der Waals surface area (Å²) in [5.41, 5.74) is 0. The first-order chi connectivity index (χ1) is 4.22. The maximum atomic E-state index is 10.8. The molecule has 0 aliphatic carbocycles. The second-order valence-electron chi connectivity index (χ2n) is 2.37. The van der Waals surface area contributed by atoms with Crippen molar-refractivity contribution in [3.8, 4) is 0 Å². The van der Waals surface area contributed by atoms with Gasteiger partial charge in [0.25, 0.3) is 0 Å². The van der Waals surface area contributed by atoms with Gasteiger partial charge in [0, 0.05) is 7.05 Å². The Hall–Kier alpha value is -0.570. The molecule has 1 fully saturated rings. The van der Waals surface area contributed by atoms with Crippen LogP contribution in [0.4, 0.5) is 0 Å². The molecule has 9 heavy (non-hydrogen) atoms. The van der Waals surface area contributed by atoms with Crippen molar-refractivity contribution in [1.82, 2.24) is 4.90 Å². The van der Waals surface area contributed by atoms with Crippen LogP contribution >= 0.6 is 0 Å². The van der Waals surface area contributed by atoms with Gasteiger partial charge in [0.1, 0.15) is 6.61 Å². The van der Waals surface area contributed by atoms with Crippen molar-refractivity contribution in [2.24, 2.45) is 0 Å². The number of likely N-dealkylation sites (N-methyl/N-ethyl adjacent to an activating group) is 1. The van der Waals surface area contributed by atoms with Gasteiger partial charge in [-0.15, -0.1) is 0 Å². The molecule has 0 N–H and O–H groups in total. The van der Waals surface area contributed by atoms with E-state index in [4.69, 9.17) is 4.74 Å². The fourth-order valence-corrected chi connectivity index (χ4v) is 0.776. The third-order valence-corrected chi connectivity index (χ3v) is 1.64. The molecule has 0 bridgehead atoms. The topological polar surface area (TPSA) is 29.5 Å². The van der Waals surface area contributed by atoms with Gasteiger partial charge in [-0.05, 0) is 6.92 Å². The normalized spacial score (nSPS) is 28.9. The number of carbonyl (C=O) groups is 1. The molecule has 1 rings (SSSR count). The van der Waals surface area contributed by atoms with Gasteiger partial charge in [0.05, 0.1) is 12.6 Å². The lowest BCUT2D eigenvalue weighted by atomic mass is 10.3. The largest absolute Gasteiger partial charge is 0.370 e. The zero-order chi connectivity index (χ0) is 6.85. The molecule has 0 aromatic carbocycles. The maximum absolute atomic E-state index is 10.8. The Morgan fingerprint density at radius 1 is 1.78 bits per heavy atom. The fourth-order valence-electron chi connectivity index (χ4n) is 0.776. The summed E-state index contributed by atoms with van der Waals surface area (Å²) in [4.78, 5) is 12.5. The van der Waals surface area contributed by atoms with Crippen LogP contribution in [0, 0.1) is 0 Å². The summed E-state index contributed by atoms with van der Waals surface area (Å²) >= 11 is 0. The highest BCUT2D eigenvalue weighted by Gasteiger charge is 2.20. The lowest BCUT2D eigenvalue weighted by Gasteiger charge is -2.29. The summed E-state index contributed by atoms with van der Waals surface area (Å²) in [5.74, 6) is 0.0775. The minimum absolute atomic E-state index is 0.0775. The molecule has 1 saturated heterocycles. The van der Waals surface area contributed by atoms with Gasteiger partial charge in [-0.25, -0.2) is 0 Å². The second-order valence-corrected chi connectivity index (χ2v) is 2.37. The predicted molar refractivity (Wildman–Crippen MR) is 33.1 cm³/mol. The van der Waals surface area contributed by atoms with Crippen LogP contribution in [-0.4, -0.2) is 37.1 Å². The highest BCUT2D eigenvalue weighted by atomic mass is 16.5. The first-order valence-electron chi connectivity index (χ1n) is 3.05. The molecule has 0 saturated carbocycles. The molecule has 1 unspecified atom stereocenters. The molecular weight excluding hydrogens is 118 g/mol. The highest BCUT2D eigenvalue weighted by molar-refractivity contribution is 5.78. The van der Waals surface area contributed by atoms with Gasteiger partial charge in [-0.3, -0.25) is 4.79 Å². The van der Waals surface area contributed by atoms with E-state index in [1.165, 1.54) is 0 Å². The number of rotatable bonds is 0. The standard InChI is InChI=1S/C6H11NO2/c1-5-3-9-4-6(8)7(5)2/h5H,3-4H2,1-2H3. The monoisotopic (exact) mass is 129 g/mol. The molecule has 0 radical (unpaired) electrons. The second kappa shape index (κ2) is 2.35. The van der Waals surface area contributed by atoms with E-state index in [0.29, 0.717) is 6.61 Å². The van der Waals surface area contributed by atoms with Gasteiger partial charge in [0.15, 0.2) is 0 Å². The van der Waals surface area contributed by atoms with Crippen molar-refractivity contribution >= 4 is 5.91 Å². The Balaban J connectivity index is 2.51. The maximum Gasteiger partial charge on any atom is 0.248 e. The molecule has 0 spiro atoms. The van der Waals surface area contributed by atoms with Crippen molar-refractivity contribution < 1.29 is 9.53 Å². The van der Waals surface area contributed by atoms with Crippen LogP contribution in [0.3, 0.4) is 0 Å². The lowest BCUT2D eigenvalue weighted by molar-refractivity contribution is -0.144. The third-order valence-electron chi connectivity index (χ3n) is 1.64. The quantitative estimate of drug-likeness (QED) is 0.455. The number of nitrogens with zero attached hydrogens (tertiary/aromatic N) is 1. The summed E-state index contributed by atoms with van der Waals surface area (Å²) in [6, 6.07) is 0.242. The fraction of sp³-hybridized carbons (Fsp3) is 0.833. The van der Waals surface area contributed by atoms with Crippen molar-refractivity contribution in [1.29, 1.82) is 0 Å². The smallest absolute Gasteiger partial charge is 0.248 e. The highest BCUT2D eigenvalue weighted by Crippen LogP contribution is 2.02. The van der Waals surface area contributed by atoms with Gasteiger partial charge < -0.3 is 9.64 Å². The lowest BCUT2D eigenvalue weighted by Crippen LogP contribution is -2.45. The van der Waals surface area contributed by atoms with Crippen LogP contribution < -0.4 is 0 Å². The first-order valence-corrected chi connectivity index (χ1v) is 3.05. The molecule has 0 aromatic rings. The van der Waals surface area contributed by atoms with Crippen LogP contribution in [-0.2, 0) is 9.53 Å². The van der Waals surface area contributed by atoms with Crippen molar-refractivity contribution in [2.45, 2.75) is 13.0 Å². The Morgan fingerprint density at radius 2 is 2.44 bits per heavy atom. The third kappa shape index (κ3) is 1.21. The number of hydrogen-bond donors (Lipinski definition) is 0. The molecule has 1 aliphatic heterocycles.